The first-order chi connectivity index (χ1) is 8.78. The molecule has 1 saturated heterocycles. The van der Waals surface area contributed by atoms with E-state index in [4.69, 9.17) is 11.6 Å². The first kappa shape index (κ1) is 16.3. The number of benzene rings is 1. The number of halogens is 2. The summed E-state index contributed by atoms with van der Waals surface area (Å²) in [6.07, 6.45) is 3.98. The van der Waals surface area contributed by atoms with Crippen LogP contribution >= 0.6 is 24.0 Å². The van der Waals surface area contributed by atoms with Gasteiger partial charge in [-0.1, -0.05) is 18.6 Å². The summed E-state index contributed by atoms with van der Waals surface area (Å²) in [6.45, 7) is 3.40. The predicted octanol–water partition coefficient (Wildman–Crippen LogP) is 3.27. The van der Waals surface area contributed by atoms with Crippen molar-refractivity contribution in [2.75, 3.05) is 24.3 Å². The van der Waals surface area contributed by atoms with Crippen LogP contribution < -0.4 is 5.32 Å². The number of hydrogen-bond acceptors (Lipinski definition) is 2. The number of piperidine rings is 1. The highest BCUT2D eigenvalue weighted by molar-refractivity contribution is 6.29. The zero-order valence-electron chi connectivity index (χ0n) is 10.9. The molecule has 0 bridgehead atoms. The topological polar surface area (TPSA) is 32.3 Å². The van der Waals surface area contributed by atoms with E-state index in [0.29, 0.717) is 0 Å². The maximum absolute atomic E-state index is 11.1. The number of likely N-dealkylation sites (tertiary alicyclic amines) is 1. The standard InChI is InChI=1S/C14H19ClN2O.ClH/c15-10-14(18)16-13-6-4-12(5-7-13)11-17-8-2-1-3-9-17;/h4-7H,1-3,8-11H2,(H,16,18);1H. The maximum atomic E-state index is 11.1. The highest BCUT2D eigenvalue weighted by atomic mass is 35.5. The lowest BCUT2D eigenvalue weighted by Crippen LogP contribution is -2.29. The summed E-state index contributed by atoms with van der Waals surface area (Å²) < 4.78 is 0. The molecule has 19 heavy (non-hydrogen) atoms. The van der Waals surface area contributed by atoms with Crippen molar-refractivity contribution in [3.63, 3.8) is 0 Å². The molecule has 0 aliphatic carbocycles. The fourth-order valence-electron chi connectivity index (χ4n) is 2.26. The summed E-state index contributed by atoms with van der Waals surface area (Å²) in [6, 6.07) is 8.00. The molecular weight excluding hydrogens is 283 g/mol. The third-order valence-corrected chi connectivity index (χ3v) is 3.46. The van der Waals surface area contributed by atoms with Crippen molar-refractivity contribution in [2.24, 2.45) is 0 Å². The molecule has 0 atom stereocenters. The molecule has 0 spiro atoms. The van der Waals surface area contributed by atoms with E-state index in [9.17, 15) is 4.79 Å². The highest BCUT2D eigenvalue weighted by Gasteiger charge is 2.10. The van der Waals surface area contributed by atoms with E-state index in [2.05, 4.69) is 22.3 Å². The zero-order chi connectivity index (χ0) is 12.8. The van der Waals surface area contributed by atoms with Gasteiger partial charge in [0.1, 0.15) is 5.88 Å². The van der Waals surface area contributed by atoms with Gasteiger partial charge in [-0.2, -0.15) is 0 Å². The molecule has 0 saturated carbocycles. The smallest absolute Gasteiger partial charge is 0.239 e. The van der Waals surface area contributed by atoms with Crippen molar-refractivity contribution < 1.29 is 4.79 Å². The largest absolute Gasteiger partial charge is 0.325 e. The minimum absolute atomic E-state index is 0. The van der Waals surface area contributed by atoms with Gasteiger partial charge in [0.15, 0.2) is 0 Å². The normalized spacial score (nSPS) is 15.6. The highest BCUT2D eigenvalue weighted by Crippen LogP contribution is 2.15. The molecular formula is C14H20Cl2N2O. The first-order valence-electron chi connectivity index (χ1n) is 6.45. The summed E-state index contributed by atoms with van der Waals surface area (Å²) in [7, 11) is 0. The fourth-order valence-corrected chi connectivity index (χ4v) is 2.33. The molecule has 5 heteroatoms. The molecule has 3 nitrogen and oxygen atoms in total. The minimum Gasteiger partial charge on any atom is -0.325 e. The number of carbonyl (C=O) groups excluding carboxylic acids is 1. The molecule has 1 aromatic rings. The quantitative estimate of drug-likeness (QED) is 0.866. The van der Waals surface area contributed by atoms with Crippen molar-refractivity contribution in [3.8, 4) is 0 Å². The number of carbonyl (C=O) groups is 1. The lowest BCUT2D eigenvalue weighted by Gasteiger charge is -2.26. The van der Waals surface area contributed by atoms with E-state index in [0.717, 1.165) is 12.2 Å². The summed E-state index contributed by atoms with van der Waals surface area (Å²) in [5.41, 5.74) is 2.10. The van der Waals surface area contributed by atoms with Gasteiger partial charge in [-0.15, -0.1) is 24.0 Å². The third-order valence-electron chi connectivity index (χ3n) is 3.21. The molecule has 1 heterocycles. The number of nitrogens with zero attached hydrogens (tertiary/aromatic N) is 1. The number of nitrogens with one attached hydrogen (secondary N) is 1. The summed E-state index contributed by atoms with van der Waals surface area (Å²) in [5, 5.41) is 2.74. The first-order valence-corrected chi connectivity index (χ1v) is 6.98. The number of hydrogen-bond donors (Lipinski definition) is 1. The van der Waals surface area contributed by atoms with Gasteiger partial charge in [0.05, 0.1) is 0 Å². The Morgan fingerprint density at radius 3 is 2.37 bits per heavy atom. The lowest BCUT2D eigenvalue weighted by atomic mass is 10.1. The van der Waals surface area contributed by atoms with E-state index in [-0.39, 0.29) is 24.2 Å². The molecule has 1 amide bonds. The Morgan fingerprint density at radius 2 is 1.79 bits per heavy atom. The Kier molecular flexibility index (Phi) is 7.21. The van der Waals surface area contributed by atoms with E-state index >= 15 is 0 Å². The molecule has 1 aliphatic rings. The monoisotopic (exact) mass is 302 g/mol. The van der Waals surface area contributed by atoms with Gasteiger partial charge in [0.2, 0.25) is 5.91 Å². The van der Waals surface area contributed by atoms with Crippen LogP contribution in [0.25, 0.3) is 0 Å². The molecule has 2 rings (SSSR count). The second-order valence-electron chi connectivity index (χ2n) is 4.72. The van der Waals surface area contributed by atoms with Crippen molar-refractivity contribution >= 4 is 35.6 Å². The van der Waals surface area contributed by atoms with Gasteiger partial charge in [0, 0.05) is 12.2 Å². The number of rotatable bonds is 4. The Morgan fingerprint density at radius 1 is 1.16 bits per heavy atom. The van der Waals surface area contributed by atoms with Crippen LogP contribution in [0.2, 0.25) is 0 Å². The summed E-state index contributed by atoms with van der Waals surface area (Å²) in [5.74, 6) is -0.171. The Balaban J connectivity index is 0.00000180. The van der Waals surface area contributed by atoms with Crippen LogP contribution in [0, 0.1) is 0 Å². The molecule has 1 aliphatic heterocycles. The second-order valence-corrected chi connectivity index (χ2v) is 4.98. The number of alkyl halides is 1. The van der Waals surface area contributed by atoms with Crippen LogP contribution in [-0.2, 0) is 11.3 Å². The van der Waals surface area contributed by atoms with Crippen molar-refractivity contribution in [2.45, 2.75) is 25.8 Å². The van der Waals surface area contributed by atoms with E-state index < -0.39 is 0 Å². The van der Waals surface area contributed by atoms with Crippen molar-refractivity contribution in [1.82, 2.24) is 4.90 Å². The average molecular weight is 303 g/mol. The molecule has 1 fully saturated rings. The Labute approximate surface area is 125 Å². The Hall–Kier alpha value is -0.770. The lowest BCUT2D eigenvalue weighted by molar-refractivity contribution is -0.113. The molecule has 0 aromatic heterocycles. The molecule has 106 valence electrons. The van der Waals surface area contributed by atoms with Gasteiger partial charge in [0.25, 0.3) is 0 Å². The van der Waals surface area contributed by atoms with E-state index in [1.807, 2.05) is 12.1 Å². The van der Waals surface area contributed by atoms with Gasteiger partial charge < -0.3 is 5.32 Å². The average Bonchev–Trinajstić information content (AvgIpc) is 2.42. The molecule has 0 unspecified atom stereocenters. The Bertz CT molecular complexity index is 389. The predicted molar refractivity (Wildman–Crippen MR) is 82.2 cm³/mol. The van der Waals surface area contributed by atoms with Crippen LogP contribution in [0.15, 0.2) is 24.3 Å². The van der Waals surface area contributed by atoms with Crippen LogP contribution in [0.4, 0.5) is 5.69 Å². The zero-order valence-corrected chi connectivity index (χ0v) is 12.5. The minimum atomic E-state index is -0.166. The summed E-state index contributed by atoms with van der Waals surface area (Å²) >= 11 is 5.44. The van der Waals surface area contributed by atoms with Crippen molar-refractivity contribution in [3.05, 3.63) is 29.8 Å². The van der Waals surface area contributed by atoms with Crippen LogP contribution in [-0.4, -0.2) is 29.8 Å². The van der Waals surface area contributed by atoms with Crippen LogP contribution in [0.3, 0.4) is 0 Å². The maximum Gasteiger partial charge on any atom is 0.239 e. The van der Waals surface area contributed by atoms with Crippen LogP contribution in [0.1, 0.15) is 24.8 Å². The van der Waals surface area contributed by atoms with E-state index in [1.165, 1.54) is 37.9 Å². The van der Waals surface area contributed by atoms with Gasteiger partial charge in [-0.25, -0.2) is 0 Å². The summed E-state index contributed by atoms with van der Waals surface area (Å²) in [4.78, 5) is 13.6. The van der Waals surface area contributed by atoms with E-state index in [1.54, 1.807) is 0 Å². The third kappa shape index (κ3) is 5.39. The van der Waals surface area contributed by atoms with Crippen LogP contribution in [0.5, 0.6) is 0 Å². The fraction of sp³-hybridized carbons (Fsp3) is 0.500. The van der Waals surface area contributed by atoms with Crippen molar-refractivity contribution in [1.29, 1.82) is 0 Å². The van der Waals surface area contributed by atoms with Gasteiger partial charge >= 0.3 is 0 Å². The second kappa shape index (κ2) is 8.41. The molecule has 0 radical (unpaired) electrons. The van der Waals surface area contributed by atoms with Gasteiger partial charge in [-0.05, 0) is 43.6 Å². The number of amides is 1. The number of anilines is 1. The molecule has 1 N–H and O–H groups in total. The molecule has 1 aromatic carbocycles. The SMILES string of the molecule is Cl.O=C(CCl)Nc1ccc(CN2CCCCC2)cc1. The van der Waals surface area contributed by atoms with Gasteiger partial charge in [-0.3, -0.25) is 9.69 Å².